The van der Waals surface area contributed by atoms with Gasteiger partial charge in [0.25, 0.3) is 0 Å². The van der Waals surface area contributed by atoms with Gasteiger partial charge in [0, 0.05) is 19.3 Å². The van der Waals surface area contributed by atoms with Crippen LogP contribution in [0.25, 0.3) is 0 Å². The zero-order valence-corrected chi connectivity index (χ0v) is 32.4. The van der Waals surface area contributed by atoms with Gasteiger partial charge in [-0.05, 0) is 25.2 Å². The van der Waals surface area contributed by atoms with Gasteiger partial charge >= 0.3 is 17.9 Å². The van der Waals surface area contributed by atoms with E-state index in [2.05, 4.69) is 27.7 Å². The lowest BCUT2D eigenvalue weighted by Gasteiger charge is -2.18. The molecule has 0 aliphatic rings. The maximum absolute atomic E-state index is 12.6. The average molecular weight is 681 g/mol. The van der Waals surface area contributed by atoms with E-state index in [1.165, 1.54) is 116 Å². The van der Waals surface area contributed by atoms with E-state index in [0.717, 1.165) is 70.1 Å². The van der Waals surface area contributed by atoms with Gasteiger partial charge in [-0.15, -0.1) is 0 Å². The third-order valence-electron chi connectivity index (χ3n) is 9.29. The highest BCUT2D eigenvalue weighted by atomic mass is 16.6. The second-order valence-corrected chi connectivity index (χ2v) is 14.7. The molecule has 0 fully saturated rings. The minimum atomic E-state index is -0.756. The van der Waals surface area contributed by atoms with Crippen molar-refractivity contribution in [1.29, 1.82) is 0 Å². The molecule has 48 heavy (non-hydrogen) atoms. The van der Waals surface area contributed by atoms with Gasteiger partial charge in [0.05, 0.1) is 0 Å². The summed E-state index contributed by atoms with van der Waals surface area (Å²) < 4.78 is 16.6. The SMILES string of the molecule is CCCCCCCCCCCCCCCC(=O)O[C@H](COC(=O)CCCCCCC)COC(=O)CCCCCCCCCCCC(C)C. The fraction of sp³-hybridized carbons (Fsp3) is 0.929. The van der Waals surface area contributed by atoms with E-state index in [-0.39, 0.29) is 31.1 Å². The van der Waals surface area contributed by atoms with Crippen molar-refractivity contribution in [2.24, 2.45) is 5.92 Å². The molecule has 0 saturated carbocycles. The van der Waals surface area contributed by atoms with E-state index < -0.39 is 6.10 Å². The second-order valence-electron chi connectivity index (χ2n) is 14.7. The molecule has 0 saturated heterocycles. The van der Waals surface area contributed by atoms with Crippen LogP contribution in [0.4, 0.5) is 0 Å². The zero-order chi connectivity index (χ0) is 35.3. The van der Waals surface area contributed by atoms with Gasteiger partial charge in [-0.25, -0.2) is 0 Å². The topological polar surface area (TPSA) is 78.9 Å². The van der Waals surface area contributed by atoms with Crippen LogP contribution in [-0.4, -0.2) is 37.2 Å². The highest BCUT2D eigenvalue weighted by molar-refractivity contribution is 5.71. The lowest BCUT2D eigenvalue weighted by molar-refractivity contribution is -0.167. The molecule has 0 rings (SSSR count). The summed E-state index contributed by atoms with van der Waals surface area (Å²) in [6, 6.07) is 0. The predicted molar refractivity (Wildman–Crippen MR) is 201 cm³/mol. The summed E-state index contributed by atoms with van der Waals surface area (Å²) in [7, 11) is 0. The Bertz CT molecular complexity index is 721. The molecule has 1 atom stereocenters. The first-order valence-electron chi connectivity index (χ1n) is 20.9. The third kappa shape index (κ3) is 35.7. The summed E-state index contributed by atoms with van der Waals surface area (Å²) in [5.41, 5.74) is 0. The molecule has 0 aromatic rings. The van der Waals surface area contributed by atoms with Gasteiger partial charge in [0.2, 0.25) is 0 Å². The number of carbonyl (C=O) groups is 3. The number of hydrogen-bond acceptors (Lipinski definition) is 6. The first kappa shape index (κ1) is 46.4. The molecule has 284 valence electrons. The van der Waals surface area contributed by atoms with Crippen molar-refractivity contribution in [3.8, 4) is 0 Å². The van der Waals surface area contributed by atoms with E-state index in [4.69, 9.17) is 14.2 Å². The average Bonchev–Trinajstić information content (AvgIpc) is 3.06. The van der Waals surface area contributed by atoms with Crippen LogP contribution in [0.3, 0.4) is 0 Å². The molecule has 0 amide bonds. The summed E-state index contributed by atoms with van der Waals surface area (Å²) in [5.74, 6) is -0.0654. The quantitative estimate of drug-likeness (QED) is 0.0369. The molecule has 0 aliphatic carbocycles. The maximum Gasteiger partial charge on any atom is 0.306 e. The molecular formula is C42H80O6. The van der Waals surface area contributed by atoms with E-state index in [1.807, 2.05) is 0 Å². The van der Waals surface area contributed by atoms with Crippen LogP contribution in [0.15, 0.2) is 0 Å². The van der Waals surface area contributed by atoms with Crippen molar-refractivity contribution in [2.45, 2.75) is 233 Å². The smallest absolute Gasteiger partial charge is 0.306 e. The maximum atomic E-state index is 12.6. The van der Waals surface area contributed by atoms with Gasteiger partial charge < -0.3 is 14.2 Å². The van der Waals surface area contributed by atoms with Crippen molar-refractivity contribution >= 4 is 17.9 Å². The van der Waals surface area contributed by atoms with Crippen molar-refractivity contribution in [2.75, 3.05) is 13.2 Å². The summed E-state index contributed by atoms with van der Waals surface area (Å²) in [5, 5.41) is 0. The minimum absolute atomic E-state index is 0.0657. The first-order chi connectivity index (χ1) is 23.4. The number of hydrogen-bond donors (Lipinski definition) is 0. The summed E-state index contributed by atoms with van der Waals surface area (Å²) >= 11 is 0. The highest BCUT2D eigenvalue weighted by Crippen LogP contribution is 2.15. The van der Waals surface area contributed by atoms with Gasteiger partial charge in [-0.1, -0.05) is 188 Å². The molecule has 6 nitrogen and oxygen atoms in total. The summed E-state index contributed by atoms with van der Waals surface area (Å²) in [4.78, 5) is 37.3. The van der Waals surface area contributed by atoms with Gasteiger partial charge in [0.1, 0.15) is 13.2 Å². The van der Waals surface area contributed by atoms with Crippen molar-refractivity contribution in [1.82, 2.24) is 0 Å². The molecule has 0 aromatic carbocycles. The van der Waals surface area contributed by atoms with Gasteiger partial charge in [-0.3, -0.25) is 14.4 Å². The first-order valence-corrected chi connectivity index (χ1v) is 20.9. The molecule has 0 aromatic heterocycles. The fourth-order valence-electron chi connectivity index (χ4n) is 6.10. The predicted octanol–water partition coefficient (Wildman–Crippen LogP) is 12.8. The minimum Gasteiger partial charge on any atom is -0.462 e. The van der Waals surface area contributed by atoms with Crippen molar-refractivity contribution < 1.29 is 28.6 Å². The molecule has 0 heterocycles. The van der Waals surface area contributed by atoms with Crippen LogP contribution in [0.2, 0.25) is 0 Å². The Morgan fingerprint density at radius 3 is 1.02 bits per heavy atom. The summed E-state index contributed by atoms with van der Waals surface area (Å²) in [6.45, 7) is 8.88. The van der Waals surface area contributed by atoms with Gasteiger partial charge in [-0.2, -0.15) is 0 Å². The van der Waals surface area contributed by atoms with Crippen LogP contribution in [-0.2, 0) is 28.6 Å². The standard InChI is InChI=1S/C42H80O6/c1-5-7-9-11-12-13-14-15-16-19-23-27-31-35-42(45)48-39(36-46-40(43)33-29-24-10-8-6-2)37-47-41(44)34-30-26-22-20-17-18-21-25-28-32-38(3)4/h38-39H,5-37H2,1-4H3/t39-/m1/s1. The molecule has 0 spiro atoms. The highest BCUT2D eigenvalue weighted by Gasteiger charge is 2.19. The number of esters is 3. The number of carbonyl (C=O) groups excluding carboxylic acids is 3. The van der Waals surface area contributed by atoms with E-state index >= 15 is 0 Å². The Morgan fingerprint density at radius 1 is 0.396 bits per heavy atom. The lowest BCUT2D eigenvalue weighted by atomic mass is 10.0. The number of rotatable bonds is 37. The molecule has 0 aliphatic heterocycles. The molecule has 6 heteroatoms. The fourth-order valence-corrected chi connectivity index (χ4v) is 6.10. The molecule has 0 radical (unpaired) electrons. The summed E-state index contributed by atoms with van der Waals surface area (Å²) in [6.07, 6.45) is 34.0. The Hall–Kier alpha value is -1.59. The number of ether oxygens (including phenoxy) is 3. The zero-order valence-electron chi connectivity index (χ0n) is 32.4. The molecule has 0 unspecified atom stereocenters. The van der Waals surface area contributed by atoms with Gasteiger partial charge in [0.15, 0.2) is 6.10 Å². The Kier molecular flexibility index (Phi) is 35.5. The molecule has 0 bridgehead atoms. The molecular weight excluding hydrogens is 600 g/mol. The second kappa shape index (κ2) is 36.7. The largest absolute Gasteiger partial charge is 0.462 e. The number of unbranched alkanes of at least 4 members (excludes halogenated alkanes) is 24. The van der Waals surface area contributed by atoms with Crippen LogP contribution < -0.4 is 0 Å². The normalized spacial score (nSPS) is 11.9. The molecule has 0 N–H and O–H groups in total. The van der Waals surface area contributed by atoms with E-state index in [1.54, 1.807) is 0 Å². The van der Waals surface area contributed by atoms with Crippen LogP contribution >= 0.6 is 0 Å². The van der Waals surface area contributed by atoms with Crippen LogP contribution in [0, 0.1) is 5.92 Å². The lowest BCUT2D eigenvalue weighted by Crippen LogP contribution is -2.30. The van der Waals surface area contributed by atoms with E-state index in [9.17, 15) is 14.4 Å². The monoisotopic (exact) mass is 681 g/mol. The Labute approximate surface area is 298 Å². The van der Waals surface area contributed by atoms with Crippen molar-refractivity contribution in [3.63, 3.8) is 0 Å². The Balaban J connectivity index is 4.23. The van der Waals surface area contributed by atoms with Crippen LogP contribution in [0.1, 0.15) is 227 Å². The Morgan fingerprint density at radius 2 is 0.688 bits per heavy atom. The van der Waals surface area contributed by atoms with Crippen molar-refractivity contribution in [3.05, 3.63) is 0 Å². The third-order valence-corrected chi connectivity index (χ3v) is 9.29. The van der Waals surface area contributed by atoms with Crippen LogP contribution in [0.5, 0.6) is 0 Å². The van der Waals surface area contributed by atoms with E-state index in [0.29, 0.717) is 19.3 Å².